The highest BCUT2D eigenvalue weighted by molar-refractivity contribution is 8.13. The van der Waals surface area contributed by atoms with Gasteiger partial charge in [0.05, 0.1) is 23.9 Å². The van der Waals surface area contributed by atoms with Crippen LogP contribution in [-0.2, 0) is 9.53 Å². The zero-order valence-electron chi connectivity index (χ0n) is 20.4. The lowest BCUT2D eigenvalue weighted by atomic mass is 9.94. The first kappa shape index (κ1) is 24.6. The Morgan fingerprint density at radius 2 is 1.88 bits per heavy atom. The van der Waals surface area contributed by atoms with Crippen molar-refractivity contribution in [3.63, 3.8) is 0 Å². The number of rotatable bonds is 6. The molecule has 1 unspecified atom stereocenters. The van der Waals surface area contributed by atoms with Crippen LogP contribution in [0.25, 0.3) is 0 Å². The smallest absolute Gasteiger partial charge is 0.338 e. The zero-order chi connectivity index (χ0) is 24.1. The van der Waals surface area contributed by atoms with Crippen molar-refractivity contribution in [1.82, 2.24) is 10.2 Å². The Bertz CT molecular complexity index is 951. The summed E-state index contributed by atoms with van der Waals surface area (Å²) in [6.07, 6.45) is 6.74. The number of carbonyl (C=O) groups excluding carboxylic acids is 2. The van der Waals surface area contributed by atoms with E-state index in [-0.39, 0.29) is 30.0 Å². The first-order valence-corrected chi connectivity index (χ1v) is 13.4. The summed E-state index contributed by atoms with van der Waals surface area (Å²) in [4.78, 5) is 32.5. The summed E-state index contributed by atoms with van der Waals surface area (Å²) in [6.45, 7) is 7.17. The molecule has 34 heavy (non-hydrogen) atoms. The van der Waals surface area contributed by atoms with E-state index in [4.69, 9.17) is 9.73 Å². The average Bonchev–Trinajstić information content (AvgIpc) is 2.83. The fourth-order valence-corrected chi connectivity index (χ4v) is 5.76. The normalized spacial score (nSPS) is 21.1. The minimum Gasteiger partial charge on any atom is -0.462 e. The number of fused-ring (bicyclic) bond motifs is 1. The summed E-state index contributed by atoms with van der Waals surface area (Å²) >= 11 is 1.73. The number of amides is 2. The molecule has 2 aliphatic heterocycles. The summed E-state index contributed by atoms with van der Waals surface area (Å²) in [5, 5.41) is 7.01. The minimum atomic E-state index is -0.302. The van der Waals surface area contributed by atoms with Gasteiger partial charge in [0.25, 0.3) is 0 Å². The van der Waals surface area contributed by atoms with E-state index in [1.54, 1.807) is 11.8 Å². The van der Waals surface area contributed by atoms with E-state index < -0.39 is 0 Å². The summed E-state index contributed by atoms with van der Waals surface area (Å²) in [5.74, 6) is 0.992. The second kappa shape index (κ2) is 11.3. The number of esters is 1. The van der Waals surface area contributed by atoms with Gasteiger partial charge < -0.3 is 20.3 Å². The van der Waals surface area contributed by atoms with Gasteiger partial charge >= 0.3 is 12.0 Å². The van der Waals surface area contributed by atoms with Crippen LogP contribution in [0.1, 0.15) is 70.9 Å². The van der Waals surface area contributed by atoms with E-state index in [9.17, 15) is 9.59 Å². The van der Waals surface area contributed by atoms with Crippen molar-refractivity contribution in [1.29, 1.82) is 0 Å². The maximum Gasteiger partial charge on any atom is 0.338 e. The predicted octanol–water partition coefficient (Wildman–Crippen LogP) is 5.46. The number of anilines is 1. The molecule has 7 nitrogen and oxygen atoms in total. The van der Waals surface area contributed by atoms with Gasteiger partial charge in [-0.1, -0.05) is 57.0 Å². The van der Waals surface area contributed by atoms with Crippen LogP contribution in [0.5, 0.6) is 0 Å². The number of nitrogens with zero attached hydrogens (tertiary/aromatic N) is 2. The van der Waals surface area contributed by atoms with Gasteiger partial charge in [0.2, 0.25) is 0 Å². The molecule has 1 saturated carbocycles. The first-order chi connectivity index (χ1) is 16.4. The number of benzene rings is 1. The Kier molecular flexibility index (Phi) is 8.19. The third-order valence-corrected chi connectivity index (χ3v) is 7.53. The van der Waals surface area contributed by atoms with Crippen molar-refractivity contribution in [2.75, 3.05) is 24.2 Å². The maximum absolute atomic E-state index is 13.1. The second-order valence-electron chi connectivity index (χ2n) is 9.74. The van der Waals surface area contributed by atoms with Crippen LogP contribution in [0.2, 0.25) is 0 Å². The number of allylic oxidation sites excluding steroid dienone is 1. The topological polar surface area (TPSA) is 83.0 Å². The van der Waals surface area contributed by atoms with Gasteiger partial charge in [0.1, 0.15) is 0 Å². The Balaban J connectivity index is 1.52. The summed E-state index contributed by atoms with van der Waals surface area (Å²) in [5.41, 5.74) is 3.04. The van der Waals surface area contributed by atoms with Crippen molar-refractivity contribution >= 4 is 34.6 Å². The van der Waals surface area contributed by atoms with Crippen LogP contribution >= 0.6 is 11.8 Å². The Morgan fingerprint density at radius 3 is 2.59 bits per heavy atom. The molecule has 2 heterocycles. The molecule has 3 aliphatic rings. The molecule has 1 aliphatic carbocycles. The number of ether oxygens (including phenoxy) is 1. The van der Waals surface area contributed by atoms with Crippen molar-refractivity contribution < 1.29 is 14.3 Å². The molecule has 2 fully saturated rings. The van der Waals surface area contributed by atoms with E-state index in [1.807, 2.05) is 45.0 Å². The lowest BCUT2D eigenvalue weighted by molar-refractivity contribution is -0.140. The summed E-state index contributed by atoms with van der Waals surface area (Å²) < 4.78 is 5.63. The molecule has 0 aromatic heterocycles. The zero-order valence-corrected chi connectivity index (χ0v) is 21.2. The fraction of sp³-hybridized carbons (Fsp3) is 0.577. The van der Waals surface area contributed by atoms with Crippen molar-refractivity contribution in [2.45, 2.75) is 71.4 Å². The Hall–Kier alpha value is -2.48. The van der Waals surface area contributed by atoms with Crippen LogP contribution in [0.15, 0.2) is 40.5 Å². The van der Waals surface area contributed by atoms with Crippen LogP contribution < -0.4 is 10.6 Å². The highest BCUT2D eigenvalue weighted by Gasteiger charge is 2.38. The number of hydrogen-bond acceptors (Lipinski definition) is 6. The molecule has 0 spiro atoms. The van der Waals surface area contributed by atoms with Gasteiger partial charge in [-0.15, -0.1) is 0 Å². The average molecular weight is 485 g/mol. The molecule has 1 saturated heterocycles. The molecule has 1 aromatic rings. The van der Waals surface area contributed by atoms with Crippen molar-refractivity contribution in [3.05, 3.63) is 41.1 Å². The predicted molar refractivity (Wildman–Crippen MR) is 138 cm³/mol. The number of urea groups is 1. The van der Waals surface area contributed by atoms with E-state index in [0.717, 1.165) is 48.0 Å². The third-order valence-electron chi connectivity index (χ3n) is 6.45. The SMILES string of the molecule is CC1=C(C(=O)OCC(C)C)C(c2ccc(NC(=O)NC3CCCCC3)cc2)N2CCCSC2=N1. The molecule has 2 N–H and O–H groups in total. The number of hydrogen-bond donors (Lipinski definition) is 2. The number of thioether (sulfide) groups is 1. The molecule has 8 heteroatoms. The lowest BCUT2D eigenvalue weighted by Crippen LogP contribution is -2.42. The number of nitrogens with one attached hydrogen (secondary N) is 2. The van der Waals surface area contributed by atoms with Gasteiger partial charge in [-0.2, -0.15) is 0 Å². The van der Waals surface area contributed by atoms with Crippen molar-refractivity contribution in [3.8, 4) is 0 Å². The molecule has 184 valence electrons. The first-order valence-electron chi connectivity index (χ1n) is 12.5. The van der Waals surface area contributed by atoms with Crippen LogP contribution in [0, 0.1) is 5.92 Å². The molecular formula is C26H36N4O3S. The maximum atomic E-state index is 13.1. The van der Waals surface area contributed by atoms with E-state index in [0.29, 0.717) is 17.9 Å². The molecule has 1 aromatic carbocycles. The van der Waals surface area contributed by atoms with Gasteiger partial charge in [-0.05, 0) is 49.8 Å². The summed E-state index contributed by atoms with van der Waals surface area (Å²) in [6, 6.07) is 7.66. The molecule has 0 bridgehead atoms. The molecule has 2 amide bonds. The monoisotopic (exact) mass is 484 g/mol. The van der Waals surface area contributed by atoms with Crippen LogP contribution in [0.3, 0.4) is 0 Å². The molecule has 4 rings (SSSR count). The standard InChI is InChI=1S/C26H36N4O3S/c1-17(2)16-33-24(31)22-18(3)27-26-30(14-7-15-34-26)23(22)19-10-12-21(13-11-19)29-25(32)28-20-8-5-4-6-9-20/h10-13,17,20,23H,4-9,14-16H2,1-3H3,(H2,28,29,32). The van der Waals surface area contributed by atoms with Gasteiger partial charge in [-0.25, -0.2) is 14.6 Å². The molecule has 1 atom stereocenters. The quantitative estimate of drug-likeness (QED) is 0.524. The number of aliphatic imine (C=N–C) groups is 1. The van der Waals surface area contributed by atoms with Crippen LogP contribution in [0.4, 0.5) is 10.5 Å². The Labute approximate surface area is 206 Å². The minimum absolute atomic E-state index is 0.159. The van der Waals surface area contributed by atoms with E-state index in [2.05, 4.69) is 15.5 Å². The van der Waals surface area contributed by atoms with Gasteiger partial charge in [-0.3, -0.25) is 0 Å². The lowest BCUT2D eigenvalue weighted by Gasteiger charge is -2.40. The number of carbonyl (C=O) groups is 2. The highest BCUT2D eigenvalue weighted by atomic mass is 32.2. The van der Waals surface area contributed by atoms with Crippen LogP contribution in [-0.4, -0.2) is 47.0 Å². The van der Waals surface area contributed by atoms with Gasteiger partial charge in [0, 0.05) is 24.0 Å². The van der Waals surface area contributed by atoms with Gasteiger partial charge in [0.15, 0.2) is 5.17 Å². The van der Waals surface area contributed by atoms with E-state index >= 15 is 0 Å². The molecular weight excluding hydrogens is 448 g/mol. The number of amidine groups is 1. The summed E-state index contributed by atoms with van der Waals surface area (Å²) in [7, 11) is 0. The largest absolute Gasteiger partial charge is 0.462 e. The van der Waals surface area contributed by atoms with E-state index in [1.165, 1.54) is 19.3 Å². The van der Waals surface area contributed by atoms with Crippen molar-refractivity contribution in [2.24, 2.45) is 10.9 Å². The Morgan fingerprint density at radius 1 is 1.15 bits per heavy atom. The third kappa shape index (κ3) is 5.95. The second-order valence-corrected chi connectivity index (χ2v) is 10.8. The highest BCUT2D eigenvalue weighted by Crippen LogP contribution is 2.40. The molecule has 0 radical (unpaired) electrons. The fourth-order valence-electron chi connectivity index (χ4n) is 4.74.